The Kier molecular flexibility index (Phi) is 3.89. The van der Waals surface area contributed by atoms with Crippen LogP contribution in [0.3, 0.4) is 0 Å². The smallest absolute Gasteiger partial charge is 0.415 e. The van der Waals surface area contributed by atoms with E-state index in [-0.39, 0.29) is 17.2 Å². The third-order valence-corrected chi connectivity index (χ3v) is 4.23. The van der Waals surface area contributed by atoms with Crippen LogP contribution in [0.1, 0.15) is 53.4 Å². The molecule has 1 N–H and O–H groups in total. The van der Waals surface area contributed by atoms with Gasteiger partial charge in [-0.2, -0.15) is 13.2 Å². The summed E-state index contributed by atoms with van der Waals surface area (Å²) < 4.78 is 46.4. The van der Waals surface area contributed by atoms with Crippen LogP contribution in [0, 0.1) is 6.92 Å². The molecule has 3 rings (SSSR count). The average molecular weight is 338 g/mol. The highest BCUT2D eigenvalue weighted by Gasteiger charge is 2.53. The SMILES string of the molecule is Cc1nc(C2CC2)oc1C(=O)N[C@](C)(c1ccccc1)C(F)(F)F. The summed E-state index contributed by atoms with van der Waals surface area (Å²) in [6, 6.07) is 7.27. The first-order valence-corrected chi connectivity index (χ1v) is 7.64. The molecule has 4 nitrogen and oxygen atoms in total. The molecule has 0 spiro atoms. The van der Waals surface area contributed by atoms with Crippen LogP contribution in [0.2, 0.25) is 0 Å². The van der Waals surface area contributed by atoms with Crippen molar-refractivity contribution in [3.8, 4) is 0 Å². The van der Waals surface area contributed by atoms with Gasteiger partial charge in [0.05, 0.1) is 5.69 Å². The van der Waals surface area contributed by atoms with Crippen LogP contribution in [0.15, 0.2) is 34.7 Å². The number of carbonyl (C=O) groups excluding carboxylic acids is 1. The largest absolute Gasteiger partial charge is 0.435 e. The quantitative estimate of drug-likeness (QED) is 0.914. The summed E-state index contributed by atoms with van der Waals surface area (Å²) in [6.45, 7) is 2.49. The fraction of sp³-hybridized carbons (Fsp3) is 0.412. The number of halogens is 3. The van der Waals surface area contributed by atoms with Gasteiger partial charge in [-0.3, -0.25) is 4.79 Å². The number of alkyl halides is 3. The van der Waals surface area contributed by atoms with Crippen LogP contribution in [-0.4, -0.2) is 17.1 Å². The van der Waals surface area contributed by atoms with Crippen molar-refractivity contribution in [1.29, 1.82) is 0 Å². The summed E-state index contributed by atoms with van der Waals surface area (Å²) in [7, 11) is 0. The molecular weight excluding hydrogens is 321 g/mol. The van der Waals surface area contributed by atoms with E-state index in [4.69, 9.17) is 4.42 Å². The van der Waals surface area contributed by atoms with Gasteiger partial charge in [0.1, 0.15) is 0 Å². The number of aromatic nitrogens is 1. The number of hydrogen-bond acceptors (Lipinski definition) is 3. The average Bonchev–Trinajstić information content (AvgIpc) is 3.29. The molecule has 0 unspecified atom stereocenters. The van der Waals surface area contributed by atoms with Gasteiger partial charge in [0.15, 0.2) is 11.4 Å². The first kappa shape index (κ1) is 16.5. The van der Waals surface area contributed by atoms with E-state index in [1.54, 1.807) is 13.0 Å². The highest BCUT2D eigenvalue weighted by Crippen LogP contribution is 2.41. The molecule has 1 aliphatic rings. The zero-order valence-electron chi connectivity index (χ0n) is 13.3. The van der Waals surface area contributed by atoms with Gasteiger partial charge in [-0.1, -0.05) is 30.3 Å². The maximum Gasteiger partial charge on any atom is 0.415 e. The molecule has 7 heteroatoms. The number of aryl methyl sites for hydroxylation is 1. The summed E-state index contributed by atoms with van der Waals surface area (Å²) in [4.78, 5) is 16.6. The van der Waals surface area contributed by atoms with E-state index < -0.39 is 17.6 Å². The summed E-state index contributed by atoms with van der Waals surface area (Å²) in [5, 5.41) is 2.08. The Morgan fingerprint density at radius 2 is 1.88 bits per heavy atom. The Labute approximate surface area is 137 Å². The van der Waals surface area contributed by atoms with Gasteiger partial charge in [0.25, 0.3) is 5.91 Å². The van der Waals surface area contributed by atoms with E-state index >= 15 is 0 Å². The molecule has 2 aromatic rings. The molecule has 24 heavy (non-hydrogen) atoms. The molecule has 1 aromatic carbocycles. The fourth-order valence-corrected chi connectivity index (χ4v) is 2.49. The number of rotatable bonds is 4. The molecule has 0 radical (unpaired) electrons. The predicted molar refractivity (Wildman–Crippen MR) is 80.5 cm³/mol. The van der Waals surface area contributed by atoms with E-state index in [2.05, 4.69) is 10.3 Å². The molecule has 0 saturated heterocycles. The van der Waals surface area contributed by atoms with E-state index in [9.17, 15) is 18.0 Å². The first-order chi connectivity index (χ1) is 11.2. The summed E-state index contributed by atoms with van der Waals surface area (Å²) in [6.07, 6.45) is -2.83. The lowest BCUT2D eigenvalue weighted by Gasteiger charge is -2.33. The van der Waals surface area contributed by atoms with Crippen LogP contribution >= 0.6 is 0 Å². The fourth-order valence-electron chi connectivity index (χ4n) is 2.49. The third kappa shape index (κ3) is 2.90. The van der Waals surface area contributed by atoms with Crippen molar-refractivity contribution in [3.63, 3.8) is 0 Å². The van der Waals surface area contributed by atoms with E-state index in [1.807, 2.05) is 0 Å². The van der Waals surface area contributed by atoms with E-state index in [0.29, 0.717) is 11.6 Å². The topological polar surface area (TPSA) is 55.1 Å². The molecule has 0 bridgehead atoms. The van der Waals surface area contributed by atoms with Gasteiger partial charge in [0.2, 0.25) is 5.76 Å². The normalized spacial score (nSPS) is 17.4. The van der Waals surface area contributed by atoms with Crippen molar-refractivity contribution in [2.24, 2.45) is 0 Å². The standard InChI is InChI=1S/C17H17F3N2O2/c1-10-13(24-15(21-10)11-8-9-11)14(23)22-16(2,17(18,19)20)12-6-4-3-5-7-12/h3-7,11H,8-9H2,1-2H3,(H,22,23)/t16-/m1/s1. The minimum atomic E-state index is -4.67. The van der Waals surface area contributed by atoms with Crippen molar-refractivity contribution in [2.45, 2.75) is 44.3 Å². The van der Waals surface area contributed by atoms with Gasteiger partial charge in [0, 0.05) is 5.92 Å². The number of benzene rings is 1. The molecule has 128 valence electrons. The third-order valence-electron chi connectivity index (χ3n) is 4.23. The van der Waals surface area contributed by atoms with Crippen LogP contribution in [0.4, 0.5) is 13.2 Å². The van der Waals surface area contributed by atoms with Crippen molar-refractivity contribution in [2.75, 3.05) is 0 Å². The Morgan fingerprint density at radius 1 is 1.25 bits per heavy atom. The van der Waals surface area contributed by atoms with Crippen molar-refractivity contribution >= 4 is 5.91 Å². The van der Waals surface area contributed by atoms with Gasteiger partial charge in [-0.15, -0.1) is 0 Å². The predicted octanol–water partition coefficient (Wildman–Crippen LogP) is 4.07. The Morgan fingerprint density at radius 3 is 2.42 bits per heavy atom. The van der Waals surface area contributed by atoms with Crippen molar-refractivity contribution in [1.82, 2.24) is 10.3 Å². The molecule has 1 aliphatic carbocycles. The Hall–Kier alpha value is -2.31. The molecule has 1 aromatic heterocycles. The summed E-state index contributed by atoms with van der Waals surface area (Å²) in [5.74, 6) is -0.488. The molecule has 1 heterocycles. The monoisotopic (exact) mass is 338 g/mol. The number of nitrogens with one attached hydrogen (secondary N) is 1. The molecule has 1 atom stereocenters. The summed E-state index contributed by atoms with van der Waals surface area (Å²) in [5.41, 5.74) is -2.28. The lowest BCUT2D eigenvalue weighted by atomic mass is 9.91. The van der Waals surface area contributed by atoms with Crippen molar-refractivity contribution in [3.05, 3.63) is 53.2 Å². The number of carbonyl (C=O) groups is 1. The van der Waals surface area contributed by atoms with Crippen LogP contribution in [0.5, 0.6) is 0 Å². The van der Waals surface area contributed by atoms with Crippen molar-refractivity contribution < 1.29 is 22.4 Å². The number of nitrogens with zero attached hydrogens (tertiary/aromatic N) is 1. The van der Waals surface area contributed by atoms with Gasteiger partial charge >= 0.3 is 6.18 Å². The lowest BCUT2D eigenvalue weighted by Crippen LogP contribution is -2.54. The lowest BCUT2D eigenvalue weighted by molar-refractivity contribution is -0.192. The number of oxazole rings is 1. The Balaban J connectivity index is 1.92. The highest BCUT2D eigenvalue weighted by molar-refractivity contribution is 5.93. The molecule has 1 saturated carbocycles. The maximum atomic E-state index is 13.6. The number of amides is 1. The second-order valence-electron chi connectivity index (χ2n) is 6.18. The van der Waals surface area contributed by atoms with E-state index in [0.717, 1.165) is 19.8 Å². The second kappa shape index (κ2) is 5.65. The second-order valence-corrected chi connectivity index (χ2v) is 6.18. The van der Waals surface area contributed by atoms with Crippen LogP contribution in [-0.2, 0) is 5.54 Å². The molecule has 1 fully saturated rings. The van der Waals surface area contributed by atoms with Gasteiger partial charge < -0.3 is 9.73 Å². The minimum Gasteiger partial charge on any atom is -0.435 e. The minimum absolute atomic E-state index is 0.0505. The molecule has 0 aliphatic heterocycles. The summed E-state index contributed by atoms with van der Waals surface area (Å²) >= 11 is 0. The van der Waals surface area contributed by atoms with E-state index in [1.165, 1.54) is 24.3 Å². The van der Waals surface area contributed by atoms with Crippen LogP contribution in [0.25, 0.3) is 0 Å². The highest BCUT2D eigenvalue weighted by atomic mass is 19.4. The van der Waals surface area contributed by atoms with Crippen LogP contribution < -0.4 is 5.32 Å². The zero-order chi connectivity index (χ0) is 17.5. The first-order valence-electron chi connectivity index (χ1n) is 7.64. The van der Waals surface area contributed by atoms with Gasteiger partial charge in [-0.05, 0) is 32.3 Å². The number of hydrogen-bond donors (Lipinski definition) is 1. The maximum absolute atomic E-state index is 13.6. The molecule has 1 amide bonds. The molecular formula is C17H17F3N2O2. The van der Waals surface area contributed by atoms with Gasteiger partial charge in [-0.25, -0.2) is 4.98 Å². The zero-order valence-corrected chi connectivity index (χ0v) is 13.3. The Bertz CT molecular complexity index is 751.